The van der Waals surface area contributed by atoms with E-state index in [2.05, 4.69) is 9.71 Å². The third-order valence-corrected chi connectivity index (χ3v) is 6.37. The molecule has 0 aliphatic carbocycles. The summed E-state index contributed by atoms with van der Waals surface area (Å²) < 4.78 is 27.3. The van der Waals surface area contributed by atoms with Crippen LogP contribution in [0, 0.1) is 0 Å². The maximum atomic E-state index is 12.3. The summed E-state index contributed by atoms with van der Waals surface area (Å²) in [6.45, 7) is 2.32. The third-order valence-electron chi connectivity index (χ3n) is 3.99. The monoisotopic (exact) mass is 388 g/mol. The van der Waals surface area contributed by atoms with Crippen molar-refractivity contribution in [1.82, 2.24) is 9.71 Å². The normalized spacial score (nSPS) is 11.6. The molecule has 0 aliphatic heterocycles. The van der Waals surface area contributed by atoms with Crippen molar-refractivity contribution in [2.24, 2.45) is 0 Å². The van der Waals surface area contributed by atoms with Gasteiger partial charge in [0.2, 0.25) is 10.0 Å². The topological polar surface area (TPSA) is 79.3 Å². The Kier molecular flexibility index (Phi) is 5.70. The average Bonchev–Trinajstić information content (AvgIpc) is 3.11. The van der Waals surface area contributed by atoms with Crippen LogP contribution in [0.1, 0.15) is 17.5 Å². The summed E-state index contributed by atoms with van der Waals surface area (Å²) >= 11 is 1.49. The fraction of sp³-hybridized carbons (Fsp3) is 0.211. The Bertz CT molecular complexity index is 963. The molecule has 0 saturated carbocycles. The highest BCUT2D eigenvalue weighted by Gasteiger charge is 2.13. The lowest BCUT2D eigenvalue weighted by atomic mass is 10.2. The first-order chi connectivity index (χ1) is 12.5. The van der Waals surface area contributed by atoms with Gasteiger partial charge in [-0.15, -0.1) is 11.3 Å². The van der Waals surface area contributed by atoms with Gasteiger partial charge in [0.15, 0.2) is 0 Å². The molecule has 136 valence electrons. The standard InChI is InChI=1S/C19H20N2O3S2/c1-2-14-3-9-17(10-4-14)26(23,24)20-12-11-19-21-18(13-25-19)15-5-7-16(22)8-6-15/h3-10,13,20,22H,2,11-12H2,1H3. The molecule has 0 fully saturated rings. The molecule has 3 aromatic rings. The van der Waals surface area contributed by atoms with E-state index in [1.165, 1.54) is 11.3 Å². The molecule has 1 aromatic heterocycles. The first-order valence-corrected chi connectivity index (χ1v) is 10.7. The van der Waals surface area contributed by atoms with Crippen LogP contribution in [0.2, 0.25) is 0 Å². The maximum Gasteiger partial charge on any atom is 0.240 e. The predicted octanol–water partition coefficient (Wildman–Crippen LogP) is 3.60. The number of aromatic nitrogens is 1. The molecule has 0 unspecified atom stereocenters. The highest BCUT2D eigenvalue weighted by Crippen LogP contribution is 2.24. The highest BCUT2D eigenvalue weighted by molar-refractivity contribution is 7.89. The van der Waals surface area contributed by atoms with E-state index in [-0.39, 0.29) is 10.6 Å². The van der Waals surface area contributed by atoms with E-state index < -0.39 is 10.0 Å². The summed E-state index contributed by atoms with van der Waals surface area (Å²) in [6, 6.07) is 13.8. The van der Waals surface area contributed by atoms with Crippen LogP contribution in [-0.2, 0) is 22.9 Å². The van der Waals surface area contributed by atoms with E-state index in [0.717, 1.165) is 28.2 Å². The van der Waals surface area contributed by atoms with Crippen molar-refractivity contribution in [3.63, 3.8) is 0 Å². The van der Waals surface area contributed by atoms with E-state index in [9.17, 15) is 13.5 Å². The fourth-order valence-electron chi connectivity index (χ4n) is 2.47. The van der Waals surface area contributed by atoms with Gasteiger partial charge in [-0.2, -0.15) is 0 Å². The molecule has 3 rings (SSSR count). The number of hydrogen-bond donors (Lipinski definition) is 2. The second kappa shape index (κ2) is 7.99. The summed E-state index contributed by atoms with van der Waals surface area (Å²) in [7, 11) is -3.51. The SMILES string of the molecule is CCc1ccc(S(=O)(=O)NCCc2nc(-c3ccc(O)cc3)cs2)cc1. The molecule has 0 radical (unpaired) electrons. The second-order valence-electron chi connectivity index (χ2n) is 5.82. The highest BCUT2D eigenvalue weighted by atomic mass is 32.2. The number of rotatable bonds is 7. The number of sulfonamides is 1. The van der Waals surface area contributed by atoms with Gasteiger partial charge in [0.05, 0.1) is 15.6 Å². The number of phenolic OH excluding ortho intramolecular Hbond substituents is 1. The Labute approximate surface area is 157 Å². The number of aryl methyl sites for hydroxylation is 1. The van der Waals surface area contributed by atoms with E-state index in [4.69, 9.17) is 0 Å². The smallest absolute Gasteiger partial charge is 0.240 e. The quantitative estimate of drug-likeness (QED) is 0.648. The van der Waals surface area contributed by atoms with Gasteiger partial charge in [0.1, 0.15) is 5.75 Å². The molecule has 26 heavy (non-hydrogen) atoms. The average molecular weight is 389 g/mol. The Balaban J connectivity index is 1.60. The lowest BCUT2D eigenvalue weighted by Gasteiger charge is -2.06. The number of nitrogens with one attached hydrogen (secondary N) is 1. The maximum absolute atomic E-state index is 12.3. The van der Waals surface area contributed by atoms with Crippen LogP contribution in [0.3, 0.4) is 0 Å². The summed E-state index contributed by atoms with van der Waals surface area (Å²) in [4.78, 5) is 4.80. The Hall–Kier alpha value is -2.22. The van der Waals surface area contributed by atoms with Crippen molar-refractivity contribution in [2.45, 2.75) is 24.7 Å². The Morgan fingerprint density at radius 2 is 1.77 bits per heavy atom. The minimum atomic E-state index is -3.51. The van der Waals surface area contributed by atoms with Crippen LogP contribution in [0.25, 0.3) is 11.3 Å². The largest absolute Gasteiger partial charge is 0.508 e. The summed E-state index contributed by atoms with van der Waals surface area (Å²) in [5.41, 5.74) is 2.85. The predicted molar refractivity (Wildman–Crippen MR) is 104 cm³/mol. The lowest BCUT2D eigenvalue weighted by molar-refractivity contribution is 0.475. The van der Waals surface area contributed by atoms with E-state index in [1.54, 1.807) is 36.4 Å². The van der Waals surface area contributed by atoms with Gasteiger partial charge in [-0.05, 0) is 48.4 Å². The fourth-order valence-corrected chi connectivity index (χ4v) is 4.31. The van der Waals surface area contributed by atoms with Crippen molar-refractivity contribution < 1.29 is 13.5 Å². The second-order valence-corrected chi connectivity index (χ2v) is 8.53. The van der Waals surface area contributed by atoms with Gasteiger partial charge >= 0.3 is 0 Å². The molecule has 7 heteroatoms. The molecule has 0 spiro atoms. The lowest BCUT2D eigenvalue weighted by Crippen LogP contribution is -2.26. The Morgan fingerprint density at radius 3 is 2.42 bits per heavy atom. The first kappa shape index (κ1) is 18.6. The number of nitrogens with zero attached hydrogens (tertiary/aromatic N) is 1. The molecule has 2 N–H and O–H groups in total. The van der Waals surface area contributed by atoms with Crippen LogP contribution in [0.4, 0.5) is 0 Å². The van der Waals surface area contributed by atoms with Gasteiger partial charge in [-0.25, -0.2) is 18.1 Å². The van der Waals surface area contributed by atoms with Gasteiger partial charge in [-0.3, -0.25) is 0 Å². The Morgan fingerprint density at radius 1 is 1.08 bits per heavy atom. The molecule has 0 aliphatic rings. The molecule has 0 saturated heterocycles. The van der Waals surface area contributed by atoms with Crippen molar-refractivity contribution in [3.8, 4) is 17.0 Å². The molecular weight excluding hydrogens is 368 g/mol. The summed E-state index contributed by atoms with van der Waals surface area (Å²) in [6.07, 6.45) is 1.40. The molecule has 1 heterocycles. The van der Waals surface area contributed by atoms with Crippen LogP contribution >= 0.6 is 11.3 Å². The molecule has 5 nitrogen and oxygen atoms in total. The zero-order valence-corrected chi connectivity index (χ0v) is 16.0. The van der Waals surface area contributed by atoms with Crippen LogP contribution in [0.5, 0.6) is 5.75 Å². The van der Waals surface area contributed by atoms with Gasteiger partial charge in [0, 0.05) is 23.9 Å². The van der Waals surface area contributed by atoms with E-state index in [0.29, 0.717) is 13.0 Å². The van der Waals surface area contributed by atoms with Gasteiger partial charge in [-0.1, -0.05) is 19.1 Å². The molecule has 2 aromatic carbocycles. The minimum Gasteiger partial charge on any atom is -0.508 e. The van der Waals surface area contributed by atoms with Crippen molar-refractivity contribution in [3.05, 3.63) is 64.5 Å². The third kappa shape index (κ3) is 4.49. The zero-order chi connectivity index (χ0) is 18.6. The number of benzene rings is 2. The van der Waals surface area contributed by atoms with E-state index >= 15 is 0 Å². The van der Waals surface area contributed by atoms with Crippen LogP contribution in [-0.4, -0.2) is 25.1 Å². The van der Waals surface area contributed by atoms with Crippen molar-refractivity contribution in [2.75, 3.05) is 6.54 Å². The molecule has 0 bridgehead atoms. The molecule has 0 atom stereocenters. The zero-order valence-electron chi connectivity index (χ0n) is 14.3. The number of aromatic hydroxyl groups is 1. The van der Waals surface area contributed by atoms with Crippen molar-refractivity contribution in [1.29, 1.82) is 0 Å². The van der Waals surface area contributed by atoms with Crippen molar-refractivity contribution >= 4 is 21.4 Å². The molecular formula is C19H20N2O3S2. The molecule has 0 amide bonds. The van der Waals surface area contributed by atoms with Crippen LogP contribution in [0.15, 0.2) is 58.8 Å². The van der Waals surface area contributed by atoms with Gasteiger partial charge < -0.3 is 5.11 Å². The van der Waals surface area contributed by atoms with E-state index in [1.807, 2.05) is 24.4 Å². The van der Waals surface area contributed by atoms with Gasteiger partial charge in [0.25, 0.3) is 0 Å². The first-order valence-electron chi connectivity index (χ1n) is 8.30. The van der Waals surface area contributed by atoms with Crippen LogP contribution < -0.4 is 4.72 Å². The summed E-state index contributed by atoms with van der Waals surface area (Å²) in [5.74, 6) is 0.213. The number of thiazole rings is 1. The minimum absolute atomic E-state index is 0.213. The number of phenols is 1. The summed E-state index contributed by atoms with van der Waals surface area (Å²) in [5, 5.41) is 12.1. The number of hydrogen-bond acceptors (Lipinski definition) is 5.